The summed E-state index contributed by atoms with van der Waals surface area (Å²) in [7, 11) is 0. The number of nitrogens with zero attached hydrogens (tertiary/aromatic N) is 2. The van der Waals surface area contributed by atoms with Crippen molar-refractivity contribution in [2.75, 3.05) is 23.5 Å². The number of aromatic hydroxyl groups is 1. The van der Waals surface area contributed by atoms with E-state index < -0.39 is 22.6 Å². The molecule has 32 heavy (non-hydrogen) atoms. The largest absolute Gasteiger partial charge is 0.502 e. The molecule has 2 aromatic rings. The predicted molar refractivity (Wildman–Crippen MR) is 127 cm³/mol. The normalized spacial score (nSPS) is 16.8. The minimum absolute atomic E-state index is 0.106. The molecule has 1 aliphatic rings. The molecule has 0 saturated carbocycles. The number of nitrogens with one attached hydrogen (secondary N) is 1. The lowest BCUT2D eigenvalue weighted by molar-refractivity contribution is -0.123. The molecule has 1 atom stereocenters. The van der Waals surface area contributed by atoms with Crippen LogP contribution in [-0.4, -0.2) is 44.7 Å². The molecule has 176 valence electrons. The van der Waals surface area contributed by atoms with Crippen molar-refractivity contribution in [1.82, 2.24) is 15.5 Å². The number of amides is 1. The van der Waals surface area contributed by atoms with Crippen LogP contribution in [0.3, 0.4) is 0 Å². The lowest BCUT2D eigenvalue weighted by Crippen LogP contribution is -2.39. The van der Waals surface area contributed by atoms with Gasteiger partial charge >= 0.3 is 0 Å². The zero-order chi connectivity index (χ0) is 23.3. The SMILES string of the molecule is CSCCC(NC(=O)CC1(c2oc(C)cc(=O)c2O)CCSCC1)c1nc(C(C)C)no1. The zero-order valence-corrected chi connectivity index (χ0v) is 20.6. The summed E-state index contributed by atoms with van der Waals surface area (Å²) in [5.74, 6) is 3.64. The van der Waals surface area contributed by atoms with Crippen molar-refractivity contribution in [3.05, 3.63) is 39.5 Å². The van der Waals surface area contributed by atoms with Crippen molar-refractivity contribution >= 4 is 29.4 Å². The standard InChI is InChI=1S/C22H31N3O5S2/c1-13(2)20-24-21(30-25-20)15(5-8-31-4)23-17(27)12-22(6-9-32-10-7-22)19-18(28)16(26)11-14(3)29-19/h11,13,15,28H,5-10,12H2,1-4H3,(H,23,27). The van der Waals surface area contributed by atoms with E-state index in [2.05, 4.69) is 15.5 Å². The Balaban J connectivity index is 1.85. The van der Waals surface area contributed by atoms with Crippen LogP contribution in [0.4, 0.5) is 0 Å². The highest BCUT2D eigenvalue weighted by Crippen LogP contribution is 2.44. The molecule has 8 nitrogen and oxygen atoms in total. The van der Waals surface area contributed by atoms with Gasteiger partial charge in [0.2, 0.25) is 23.0 Å². The molecule has 2 N–H and O–H groups in total. The van der Waals surface area contributed by atoms with E-state index in [9.17, 15) is 14.7 Å². The molecule has 0 radical (unpaired) electrons. The van der Waals surface area contributed by atoms with Crippen molar-refractivity contribution in [3.8, 4) is 5.75 Å². The molecule has 1 amide bonds. The summed E-state index contributed by atoms with van der Waals surface area (Å²) in [6, 6.07) is 0.868. The summed E-state index contributed by atoms with van der Waals surface area (Å²) >= 11 is 3.47. The minimum Gasteiger partial charge on any atom is -0.502 e. The second kappa shape index (κ2) is 10.8. The van der Waals surface area contributed by atoms with Gasteiger partial charge in [-0.05, 0) is 49.7 Å². The van der Waals surface area contributed by atoms with Gasteiger partial charge < -0.3 is 19.4 Å². The third kappa shape index (κ3) is 5.70. The molecule has 3 heterocycles. The van der Waals surface area contributed by atoms with E-state index >= 15 is 0 Å². The molecule has 2 aromatic heterocycles. The van der Waals surface area contributed by atoms with Gasteiger partial charge in [-0.3, -0.25) is 9.59 Å². The number of aryl methyl sites for hydroxylation is 1. The summed E-state index contributed by atoms with van der Waals surface area (Å²) < 4.78 is 11.3. The fraction of sp³-hybridized carbons (Fsp3) is 0.636. The topological polar surface area (TPSA) is 118 Å². The number of rotatable bonds is 9. The summed E-state index contributed by atoms with van der Waals surface area (Å²) in [5.41, 5.74) is -1.21. The third-order valence-corrected chi connectivity index (χ3v) is 7.32. The van der Waals surface area contributed by atoms with E-state index in [1.807, 2.05) is 20.1 Å². The van der Waals surface area contributed by atoms with E-state index in [0.717, 1.165) is 17.3 Å². The first-order valence-electron chi connectivity index (χ1n) is 10.8. The van der Waals surface area contributed by atoms with Gasteiger partial charge in [0, 0.05) is 23.8 Å². The summed E-state index contributed by atoms with van der Waals surface area (Å²) in [6.07, 6.45) is 4.04. The molecule has 1 saturated heterocycles. The second-order valence-electron chi connectivity index (χ2n) is 8.52. The quantitative estimate of drug-likeness (QED) is 0.549. The van der Waals surface area contributed by atoms with Crippen LogP contribution in [0.15, 0.2) is 19.8 Å². The Morgan fingerprint density at radius 3 is 2.72 bits per heavy atom. The number of carbonyl (C=O) groups is 1. The highest BCUT2D eigenvalue weighted by atomic mass is 32.2. The highest BCUT2D eigenvalue weighted by Gasteiger charge is 2.42. The van der Waals surface area contributed by atoms with E-state index in [4.69, 9.17) is 8.94 Å². The number of thioether (sulfide) groups is 2. The molecule has 1 aliphatic heterocycles. The first kappa shape index (κ1) is 24.7. The Kier molecular flexibility index (Phi) is 8.32. The van der Waals surface area contributed by atoms with Gasteiger partial charge in [0.25, 0.3) is 0 Å². The van der Waals surface area contributed by atoms with Gasteiger partial charge in [-0.25, -0.2) is 0 Å². The maximum absolute atomic E-state index is 13.2. The maximum Gasteiger partial charge on any atom is 0.249 e. The minimum atomic E-state index is -0.730. The molecule has 0 spiro atoms. The van der Waals surface area contributed by atoms with Crippen molar-refractivity contribution < 1.29 is 18.8 Å². The fourth-order valence-electron chi connectivity index (χ4n) is 3.88. The Labute approximate surface area is 196 Å². The van der Waals surface area contributed by atoms with Gasteiger partial charge in [-0.2, -0.15) is 28.5 Å². The first-order chi connectivity index (χ1) is 15.3. The van der Waals surface area contributed by atoms with Crippen LogP contribution < -0.4 is 10.7 Å². The van der Waals surface area contributed by atoms with Crippen LogP contribution >= 0.6 is 23.5 Å². The summed E-state index contributed by atoms with van der Waals surface area (Å²) in [6.45, 7) is 5.64. The number of aromatic nitrogens is 2. The Morgan fingerprint density at radius 1 is 1.38 bits per heavy atom. The second-order valence-corrected chi connectivity index (χ2v) is 10.7. The molecule has 0 bridgehead atoms. The van der Waals surface area contributed by atoms with Crippen molar-refractivity contribution in [2.24, 2.45) is 0 Å². The Morgan fingerprint density at radius 2 is 2.09 bits per heavy atom. The molecule has 3 rings (SSSR count). The van der Waals surface area contributed by atoms with Crippen LogP contribution in [0.2, 0.25) is 0 Å². The van der Waals surface area contributed by atoms with Gasteiger partial charge in [-0.1, -0.05) is 19.0 Å². The molecule has 1 unspecified atom stereocenters. The van der Waals surface area contributed by atoms with E-state index in [1.54, 1.807) is 30.4 Å². The smallest absolute Gasteiger partial charge is 0.249 e. The van der Waals surface area contributed by atoms with Gasteiger partial charge in [0.05, 0.1) is 0 Å². The molecular formula is C22H31N3O5S2. The van der Waals surface area contributed by atoms with Crippen LogP contribution in [0.25, 0.3) is 0 Å². The van der Waals surface area contributed by atoms with E-state index in [0.29, 0.717) is 36.7 Å². The predicted octanol–water partition coefficient (Wildman–Crippen LogP) is 3.93. The van der Waals surface area contributed by atoms with Gasteiger partial charge in [-0.15, -0.1) is 0 Å². The van der Waals surface area contributed by atoms with Crippen molar-refractivity contribution in [1.29, 1.82) is 0 Å². The Hall–Kier alpha value is -1.94. The highest BCUT2D eigenvalue weighted by molar-refractivity contribution is 7.99. The average molecular weight is 482 g/mol. The van der Waals surface area contributed by atoms with Gasteiger partial charge in [0.15, 0.2) is 11.6 Å². The molecule has 1 fully saturated rings. The van der Waals surface area contributed by atoms with Crippen LogP contribution in [0.1, 0.15) is 74.7 Å². The summed E-state index contributed by atoms with van der Waals surface area (Å²) in [4.78, 5) is 29.9. The average Bonchev–Trinajstić information content (AvgIpc) is 3.25. The molecular weight excluding hydrogens is 450 g/mol. The first-order valence-corrected chi connectivity index (χ1v) is 13.3. The Bertz CT molecular complexity index is 982. The third-order valence-electron chi connectivity index (χ3n) is 5.69. The van der Waals surface area contributed by atoms with Crippen molar-refractivity contribution in [2.45, 2.75) is 63.8 Å². The van der Waals surface area contributed by atoms with Crippen LogP contribution in [0, 0.1) is 6.92 Å². The summed E-state index contributed by atoms with van der Waals surface area (Å²) in [5, 5.41) is 17.6. The molecule has 0 aliphatic carbocycles. The van der Waals surface area contributed by atoms with E-state index in [-0.39, 0.29) is 24.0 Å². The number of hydrogen-bond donors (Lipinski definition) is 2. The molecule has 10 heteroatoms. The van der Waals surface area contributed by atoms with Crippen molar-refractivity contribution in [3.63, 3.8) is 0 Å². The van der Waals surface area contributed by atoms with Crippen LogP contribution in [0.5, 0.6) is 5.75 Å². The zero-order valence-electron chi connectivity index (χ0n) is 19.0. The number of hydrogen-bond acceptors (Lipinski definition) is 9. The monoisotopic (exact) mass is 481 g/mol. The lowest BCUT2D eigenvalue weighted by atomic mass is 9.75. The maximum atomic E-state index is 13.2. The fourth-order valence-corrected chi connectivity index (χ4v) is 5.62. The molecule has 0 aromatic carbocycles. The van der Waals surface area contributed by atoms with E-state index in [1.165, 1.54) is 6.07 Å². The van der Waals surface area contributed by atoms with Gasteiger partial charge in [0.1, 0.15) is 11.8 Å². The van der Waals surface area contributed by atoms with Crippen LogP contribution in [-0.2, 0) is 10.2 Å². The number of carbonyl (C=O) groups excluding carboxylic acids is 1. The lowest BCUT2D eigenvalue weighted by Gasteiger charge is -2.36.